The number of aromatic nitrogens is 2. The van der Waals surface area contributed by atoms with E-state index in [1.165, 1.54) is 4.88 Å². The Morgan fingerprint density at radius 1 is 1.22 bits per heavy atom. The lowest BCUT2D eigenvalue weighted by molar-refractivity contribution is -0.116. The van der Waals surface area contributed by atoms with E-state index >= 15 is 0 Å². The highest BCUT2D eigenvalue weighted by Gasteiger charge is 2.05. The molecule has 0 aliphatic heterocycles. The molecule has 0 radical (unpaired) electrons. The summed E-state index contributed by atoms with van der Waals surface area (Å²) in [6.07, 6.45) is 2.88. The van der Waals surface area contributed by atoms with Crippen molar-refractivity contribution in [1.29, 1.82) is 0 Å². The van der Waals surface area contributed by atoms with Crippen molar-refractivity contribution >= 4 is 29.0 Å². The van der Waals surface area contributed by atoms with Gasteiger partial charge in [-0.05, 0) is 39.3 Å². The Bertz CT molecular complexity index is 750. The molecule has 2 aromatic heterocycles. The second-order valence-electron chi connectivity index (χ2n) is 6.21. The number of aryl methyl sites for hydroxylation is 3. The fraction of sp³-hybridized carbons (Fsp3) is 0.474. The fourth-order valence-corrected chi connectivity index (χ4v) is 3.22. The van der Waals surface area contributed by atoms with Crippen LogP contribution in [0.2, 0.25) is 0 Å². The summed E-state index contributed by atoms with van der Waals surface area (Å²) in [6, 6.07) is 3.72. The average Bonchev–Trinajstić information content (AvgIpc) is 2.95. The van der Waals surface area contributed by atoms with Gasteiger partial charge in [-0.25, -0.2) is 9.97 Å². The van der Waals surface area contributed by atoms with E-state index in [1.54, 1.807) is 23.6 Å². The Hall–Kier alpha value is -2.48. The molecule has 0 bridgehead atoms. The normalized spacial score (nSPS) is 11.3. The second-order valence-corrected chi connectivity index (χ2v) is 7.49. The first-order chi connectivity index (χ1) is 13.0. The van der Waals surface area contributed by atoms with Crippen LogP contribution < -0.4 is 16.0 Å². The van der Waals surface area contributed by atoms with Gasteiger partial charge in [0.25, 0.3) is 0 Å². The number of rotatable bonds is 8. The third kappa shape index (κ3) is 7.34. The van der Waals surface area contributed by atoms with Gasteiger partial charge in [-0.15, -0.1) is 11.3 Å². The molecule has 0 aliphatic rings. The van der Waals surface area contributed by atoms with Gasteiger partial charge in [-0.3, -0.25) is 9.79 Å². The summed E-state index contributed by atoms with van der Waals surface area (Å²) in [4.78, 5) is 26.5. The quantitative estimate of drug-likeness (QED) is 0.478. The van der Waals surface area contributed by atoms with Gasteiger partial charge < -0.3 is 16.0 Å². The van der Waals surface area contributed by atoms with Gasteiger partial charge in [0.1, 0.15) is 5.82 Å². The van der Waals surface area contributed by atoms with Crippen molar-refractivity contribution in [3.8, 4) is 0 Å². The largest absolute Gasteiger partial charge is 0.357 e. The van der Waals surface area contributed by atoms with Gasteiger partial charge in [-0.2, -0.15) is 0 Å². The first-order valence-corrected chi connectivity index (χ1v) is 9.97. The molecule has 0 atom stereocenters. The van der Waals surface area contributed by atoms with Gasteiger partial charge in [0.05, 0.1) is 10.7 Å². The molecule has 0 aliphatic carbocycles. The zero-order valence-corrected chi connectivity index (χ0v) is 17.2. The number of anilines is 1. The Morgan fingerprint density at radius 3 is 2.67 bits per heavy atom. The van der Waals surface area contributed by atoms with E-state index in [0.29, 0.717) is 31.3 Å². The van der Waals surface area contributed by atoms with Crippen LogP contribution in [0.4, 0.5) is 5.82 Å². The lowest BCUT2D eigenvalue weighted by Gasteiger charge is -2.11. The van der Waals surface area contributed by atoms with Crippen LogP contribution in [0.15, 0.2) is 23.3 Å². The first-order valence-electron chi connectivity index (χ1n) is 9.15. The lowest BCUT2D eigenvalue weighted by atomic mass is 10.3. The number of guanidine groups is 1. The standard InChI is InChI=1S/C19H28N6OS/c1-5-20-19(22-11-9-18-24-14(3)15(4)27-18)21-10-8-17(26)25-16-7-6-13(2)12-23-16/h6-7,12H,5,8-11H2,1-4H3,(H2,20,21,22)(H,23,25,26). The Labute approximate surface area is 164 Å². The van der Waals surface area contributed by atoms with Crippen LogP contribution in [0.25, 0.3) is 0 Å². The molecule has 146 valence electrons. The average molecular weight is 389 g/mol. The Balaban J connectivity index is 1.75. The number of thiazole rings is 1. The zero-order chi connectivity index (χ0) is 19.6. The summed E-state index contributed by atoms with van der Waals surface area (Å²) in [5.74, 6) is 1.20. The highest BCUT2D eigenvalue weighted by atomic mass is 32.1. The molecular formula is C19H28N6OS. The SMILES string of the molecule is CCNC(=NCCc1nc(C)c(C)s1)NCCC(=O)Nc1ccc(C)cn1. The van der Waals surface area contributed by atoms with Crippen molar-refractivity contribution in [3.63, 3.8) is 0 Å². The molecule has 0 spiro atoms. The van der Waals surface area contributed by atoms with E-state index in [4.69, 9.17) is 0 Å². The molecule has 7 nitrogen and oxygen atoms in total. The third-order valence-electron chi connectivity index (χ3n) is 3.84. The van der Waals surface area contributed by atoms with Crippen molar-refractivity contribution in [3.05, 3.63) is 39.5 Å². The van der Waals surface area contributed by atoms with Gasteiger partial charge in [0.15, 0.2) is 5.96 Å². The summed E-state index contributed by atoms with van der Waals surface area (Å²) in [5, 5.41) is 10.3. The van der Waals surface area contributed by atoms with Crippen LogP contribution >= 0.6 is 11.3 Å². The number of hydrogen-bond acceptors (Lipinski definition) is 5. The maximum absolute atomic E-state index is 12.0. The van der Waals surface area contributed by atoms with Crippen LogP contribution in [-0.2, 0) is 11.2 Å². The van der Waals surface area contributed by atoms with E-state index in [-0.39, 0.29) is 5.91 Å². The van der Waals surface area contributed by atoms with Crippen LogP contribution in [0.1, 0.15) is 34.5 Å². The van der Waals surface area contributed by atoms with Crippen molar-refractivity contribution in [2.24, 2.45) is 4.99 Å². The van der Waals surface area contributed by atoms with E-state index in [2.05, 4.69) is 37.8 Å². The van der Waals surface area contributed by atoms with Crippen molar-refractivity contribution in [2.75, 3.05) is 25.0 Å². The number of aliphatic imine (C=N–C) groups is 1. The molecule has 0 saturated carbocycles. The number of nitrogens with zero attached hydrogens (tertiary/aromatic N) is 3. The highest BCUT2D eigenvalue weighted by molar-refractivity contribution is 7.11. The summed E-state index contributed by atoms with van der Waals surface area (Å²) >= 11 is 1.72. The molecule has 3 N–H and O–H groups in total. The topological polar surface area (TPSA) is 91.3 Å². The van der Waals surface area contributed by atoms with E-state index < -0.39 is 0 Å². The molecule has 2 heterocycles. The Kier molecular flexibility index (Phi) is 8.19. The van der Waals surface area contributed by atoms with Gasteiger partial charge in [0, 0.05) is 43.5 Å². The molecule has 0 fully saturated rings. The minimum Gasteiger partial charge on any atom is -0.357 e. The smallest absolute Gasteiger partial charge is 0.227 e. The molecule has 27 heavy (non-hydrogen) atoms. The molecule has 0 saturated heterocycles. The summed E-state index contributed by atoms with van der Waals surface area (Å²) in [7, 11) is 0. The third-order valence-corrected chi connectivity index (χ3v) is 4.97. The number of carbonyl (C=O) groups is 1. The summed E-state index contributed by atoms with van der Waals surface area (Å²) in [6.45, 7) is 10.0. The minimum absolute atomic E-state index is 0.0802. The number of nitrogens with one attached hydrogen (secondary N) is 3. The molecule has 2 rings (SSSR count). The predicted molar refractivity (Wildman–Crippen MR) is 111 cm³/mol. The number of amides is 1. The van der Waals surface area contributed by atoms with E-state index in [0.717, 1.165) is 29.2 Å². The molecule has 0 unspecified atom stereocenters. The Morgan fingerprint density at radius 2 is 2.04 bits per heavy atom. The van der Waals surface area contributed by atoms with Crippen molar-refractivity contribution < 1.29 is 4.79 Å². The predicted octanol–water partition coefficient (Wildman–Crippen LogP) is 2.59. The maximum atomic E-state index is 12.0. The zero-order valence-electron chi connectivity index (χ0n) is 16.4. The molecule has 8 heteroatoms. The monoisotopic (exact) mass is 388 g/mol. The molecule has 0 aromatic carbocycles. The summed E-state index contributed by atoms with van der Waals surface area (Å²) < 4.78 is 0. The minimum atomic E-state index is -0.0802. The number of hydrogen-bond donors (Lipinski definition) is 3. The van der Waals surface area contributed by atoms with Crippen LogP contribution in [0.3, 0.4) is 0 Å². The lowest BCUT2D eigenvalue weighted by Crippen LogP contribution is -2.38. The van der Waals surface area contributed by atoms with Crippen LogP contribution in [0.5, 0.6) is 0 Å². The number of carbonyl (C=O) groups excluding carboxylic acids is 1. The molecule has 2 aromatic rings. The summed E-state index contributed by atoms with van der Waals surface area (Å²) in [5.41, 5.74) is 2.15. The maximum Gasteiger partial charge on any atom is 0.227 e. The first kappa shape index (κ1) is 20.8. The number of pyridine rings is 1. The van der Waals surface area contributed by atoms with Crippen LogP contribution in [-0.4, -0.2) is 41.5 Å². The van der Waals surface area contributed by atoms with E-state index in [9.17, 15) is 4.79 Å². The molecule has 1 amide bonds. The van der Waals surface area contributed by atoms with Crippen molar-refractivity contribution in [1.82, 2.24) is 20.6 Å². The fourth-order valence-electron chi connectivity index (χ4n) is 2.29. The van der Waals surface area contributed by atoms with Gasteiger partial charge in [0.2, 0.25) is 5.91 Å². The van der Waals surface area contributed by atoms with Crippen LogP contribution in [0, 0.1) is 20.8 Å². The molecular weight excluding hydrogens is 360 g/mol. The van der Waals surface area contributed by atoms with E-state index in [1.807, 2.05) is 26.8 Å². The van der Waals surface area contributed by atoms with Gasteiger partial charge >= 0.3 is 0 Å². The highest BCUT2D eigenvalue weighted by Crippen LogP contribution is 2.16. The second kappa shape index (κ2) is 10.6. The van der Waals surface area contributed by atoms with Crippen molar-refractivity contribution in [2.45, 2.75) is 40.5 Å². The van der Waals surface area contributed by atoms with Gasteiger partial charge in [-0.1, -0.05) is 6.07 Å².